The number of thiazole rings is 1. The van der Waals surface area contributed by atoms with Gasteiger partial charge in [0.15, 0.2) is 5.01 Å². The Morgan fingerprint density at radius 3 is 2.21 bits per heavy atom. The van der Waals surface area contributed by atoms with Crippen LogP contribution in [0.15, 0.2) is 18.2 Å². The lowest BCUT2D eigenvalue weighted by molar-refractivity contribution is -0.132. The summed E-state index contributed by atoms with van der Waals surface area (Å²) in [4.78, 5) is 47.7. The van der Waals surface area contributed by atoms with Crippen molar-refractivity contribution in [2.45, 2.75) is 0 Å². The molecule has 0 amide bonds. The van der Waals surface area contributed by atoms with Crippen LogP contribution >= 0.6 is 11.3 Å². The minimum absolute atomic E-state index is 0.0181. The van der Waals surface area contributed by atoms with Crippen molar-refractivity contribution in [3.8, 4) is 0 Å². The van der Waals surface area contributed by atoms with Crippen molar-refractivity contribution >= 4 is 45.1 Å². The van der Waals surface area contributed by atoms with Gasteiger partial charge in [0.25, 0.3) is 11.6 Å². The summed E-state index contributed by atoms with van der Waals surface area (Å²) >= 11 is 0.790. The standard InChI is InChI=1S/C11H5NO6S/c13-7(10(15)16)4-2-1-3-5-6(4)12-9(19-5)8(14)11(17)18/h1-3H,(H,15,16)(H,17,18). The van der Waals surface area contributed by atoms with Crippen molar-refractivity contribution in [1.82, 2.24) is 4.98 Å². The molecule has 2 aromatic rings. The van der Waals surface area contributed by atoms with Gasteiger partial charge >= 0.3 is 11.9 Å². The van der Waals surface area contributed by atoms with Gasteiger partial charge in [-0.05, 0) is 12.1 Å². The number of aromatic nitrogens is 1. The van der Waals surface area contributed by atoms with E-state index < -0.39 is 23.5 Å². The Morgan fingerprint density at radius 2 is 1.63 bits per heavy atom. The number of hydrogen-bond acceptors (Lipinski definition) is 6. The molecule has 19 heavy (non-hydrogen) atoms. The molecule has 0 atom stereocenters. The summed E-state index contributed by atoms with van der Waals surface area (Å²) in [5.74, 6) is -5.67. The van der Waals surface area contributed by atoms with Crippen molar-refractivity contribution in [1.29, 1.82) is 0 Å². The molecular weight excluding hydrogens is 274 g/mol. The molecule has 0 unspecified atom stereocenters. The van der Waals surface area contributed by atoms with E-state index in [0.717, 1.165) is 11.3 Å². The Bertz CT molecular complexity index is 732. The largest absolute Gasteiger partial charge is 0.475 e. The average Bonchev–Trinajstić information content (AvgIpc) is 2.79. The van der Waals surface area contributed by atoms with Gasteiger partial charge in [-0.15, -0.1) is 11.3 Å². The maximum Gasteiger partial charge on any atom is 0.379 e. The van der Waals surface area contributed by atoms with Crippen LogP contribution in [0, 0.1) is 0 Å². The van der Waals surface area contributed by atoms with E-state index in [4.69, 9.17) is 10.2 Å². The van der Waals surface area contributed by atoms with Gasteiger partial charge < -0.3 is 10.2 Å². The molecule has 1 aromatic carbocycles. The third kappa shape index (κ3) is 2.20. The molecule has 1 aromatic heterocycles. The Morgan fingerprint density at radius 1 is 1.00 bits per heavy atom. The molecule has 0 aliphatic heterocycles. The van der Waals surface area contributed by atoms with E-state index in [1.165, 1.54) is 18.2 Å². The van der Waals surface area contributed by atoms with Crippen molar-refractivity contribution < 1.29 is 29.4 Å². The number of carbonyl (C=O) groups excluding carboxylic acids is 2. The quantitative estimate of drug-likeness (QED) is 0.627. The highest BCUT2D eigenvalue weighted by atomic mass is 32.1. The molecule has 0 fully saturated rings. The number of ketones is 2. The van der Waals surface area contributed by atoms with E-state index >= 15 is 0 Å². The molecule has 96 valence electrons. The highest BCUT2D eigenvalue weighted by molar-refractivity contribution is 7.21. The number of para-hydroxylation sites is 1. The van der Waals surface area contributed by atoms with Gasteiger partial charge in [0.05, 0.1) is 15.8 Å². The van der Waals surface area contributed by atoms with Gasteiger partial charge in [-0.1, -0.05) is 6.07 Å². The first kappa shape index (κ1) is 12.8. The average molecular weight is 279 g/mol. The van der Waals surface area contributed by atoms with E-state index in [-0.39, 0.29) is 16.1 Å². The zero-order chi connectivity index (χ0) is 14.2. The smallest absolute Gasteiger partial charge is 0.379 e. The third-order valence-electron chi connectivity index (χ3n) is 2.25. The Balaban J connectivity index is 2.63. The lowest BCUT2D eigenvalue weighted by Gasteiger charge is -1.96. The summed E-state index contributed by atoms with van der Waals surface area (Å²) in [5, 5.41) is 16.9. The Labute approximate surface area is 109 Å². The number of carboxylic acid groups (broad SMARTS) is 2. The van der Waals surface area contributed by atoms with Crippen LogP contribution in [0.1, 0.15) is 20.2 Å². The maximum atomic E-state index is 11.4. The van der Waals surface area contributed by atoms with Gasteiger partial charge in [0, 0.05) is 0 Å². The van der Waals surface area contributed by atoms with Crippen molar-refractivity contribution in [3.63, 3.8) is 0 Å². The van der Waals surface area contributed by atoms with Gasteiger partial charge in [-0.25, -0.2) is 14.6 Å². The fraction of sp³-hybridized carbons (Fsp3) is 0. The highest BCUT2D eigenvalue weighted by Crippen LogP contribution is 2.25. The second-order valence-corrected chi connectivity index (χ2v) is 4.47. The highest BCUT2D eigenvalue weighted by Gasteiger charge is 2.23. The van der Waals surface area contributed by atoms with Gasteiger partial charge in [0.1, 0.15) is 0 Å². The zero-order valence-corrected chi connectivity index (χ0v) is 9.93. The van der Waals surface area contributed by atoms with Crippen LogP contribution in [0.25, 0.3) is 10.2 Å². The first-order valence-electron chi connectivity index (χ1n) is 4.86. The van der Waals surface area contributed by atoms with Crippen LogP contribution < -0.4 is 0 Å². The predicted octanol–water partition coefficient (Wildman–Crippen LogP) is 0.831. The molecule has 0 radical (unpaired) electrons. The molecule has 0 aliphatic rings. The van der Waals surface area contributed by atoms with Crippen LogP contribution in [0.2, 0.25) is 0 Å². The van der Waals surface area contributed by atoms with Crippen molar-refractivity contribution in [2.75, 3.05) is 0 Å². The second kappa shape index (κ2) is 4.58. The molecule has 2 N–H and O–H groups in total. The van der Waals surface area contributed by atoms with E-state index in [1.54, 1.807) is 0 Å². The number of nitrogens with zero attached hydrogens (tertiary/aromatic N) is 1. The predicted molar refractivity (Wildman–Crippen MR) is 63.6 cm³/mol. The van der Waals surface area contributed by atoms with E-state index in [0.29, 0.717) is 4.70 Å². The molecule has 2 rings (SSSR count). The molecule has 7 nitrogen and oxygen atoms in total. The van der Waals surface area contributed by atoms with Crippen molar-refractivity contribution in [2.24, 2.45) is 0 Å². The molecule has 1 heterocycles. The first-order valence-corrected chi connectivity index (χ1v) is 5.68. The van der Waals surface area contributed by atoms with Crippen molar-refractivity contribution in [3.05, 3.63) is 28.8 Å². The van der Waals surface area contributed by atoms with Crippen LogP contribution in [-0.4, -0.2) is 38.7 Å². The summed E-state index contributed by atoms with van der Waals surface area (Å²) in [6.45, 7) is 0. The number of hydrogen-bond donors (Lipinski definition) is 2. The number of fused-ring (bicyclic) bond motifs is 1. The molecule has 0 bridgehead atoms. The van der Waals surface area contributed by atoms with Gasteiger partial charge in [-0.2, -0.15) is 0 Å². The topological polar surface area (TPSA) is 122 Å². The first-order chi connectivity index (χ1) is 8.91. The Hall–Kier alpha value is -2.61. The number of Topliss-reactive ketones (excluding diaryl/α,β-unsaturated/α-hetero) is 2. The normalized spacial score (nSPS) is 10.3. The molecule has 0 aliphatic carbocycles. The van der Waals surface area contributed by atoms with Crippen LogP contribution in [0.3, 0.4) is 0 Å². The van der Waals surface area contributed by atoms with Crippen LogP contribution in [0.4, 0.5) is 0 Å². The lowest BCUT2D eigenvalue weighted by atomic mass is 10.1. The van der Waals surface area contributed by atoms with Gasteiger partial charge in [0.2, 0.25) is 0 Å². The fourth-order valence-corrected chi connectivity index (χ4v) is 2.36. The maximum absolute atomic E-state index is 11.4. The monoisotopic (exact) mass is 279 g/mol. The Kier molecular flexibility index (Phi) is 3.09. The number of aliphatic carboxylic acids is 2. The summed E-state index contributed by atoms with van der Waals surface area (Å²) in [7, 11) is 0. The minimum Gasteiger partial charge on any atom is -0.475 e. The fourth-order valence-electron chi connectivity index (χ4n) is 1.44. The van der Waals surface area contributed by atoms with E-state index in [2.05, 4.69) is 4.98 Å². The number of carboxylic acids is 2. The number of rotatable bonds is 4. The third-order valence-corrected chi connectivity index (χ3v) is 3.27. The summed E-state index contributed by atoms with van der Waals surface area (Å²) in [6.07, 6.45) is 0. The van der Waals surface area contributed by atoms with Crippen LogP contribution in [-0.2, 0) is 9.59 Å². The molecule has 0 saturated heterocycles. The molecule has 0 spiro atoms. The summed E-state index contributed by atoms with van der Waals surface area (Å²) in [5.41, 5.74) is -0.157. The lowest BCUT2D eigenvalue weighted by Crippen LogP contribution is -2.14. The minimum atomic E-state index is -1.66. The van der Waals surface area contributed by atoms with E-state index in [1.807, 2.05) is 0 Å². The number of carbonyl (C=O) groups is 4. The molecule has 8 heteroatoms. The summed E-state index contributed by atoms with van der Waals surface area (Å²) < 4.78 is 0.372. The summed E-state index contributed by atoms with van der Waals surface area (Å²) in [6, 6.07) is 4.21. The number of benzene rings is 1. The molecular formula is C11H5NO6S. The van der Waals surface area contributed by atoms with E-state index in [9.17, 15) is 19.2 Å². The zero-order valence-electron chi connectivity index (χ0n) is 9.11. The second-order valence-electron chi connectivity index (χ2n) is 3.44. The van der Waals surface area contributed by atoms with Crippen LogP contribution in [0.5, 0.6) is 0 Å². The SMILES string of the molecule is O=C(O)C(=O)c1nc2c(C(=O)C(=O)O)cccc2s1. The molecule has 0 saturated carbocycles. The van der Waals surface area contributed by atoms with Gasteiger partial charge in [-0.3, -0.25) is 9.59 Å².